The Morgan fingerprint density at radius 3 is 2.62 bits per heavy atom. The van der Waals surface area contributed by atoms with E-state index in [2.05, 4.69) is 22.3 Å². The molecule has 3 aliphatic heterocycles. The molecule has 3 aliphatic rings. The van der Waals surface area contributed by atoms with Crippen LogP contribution in [0.1, 0.15) is 34.3 Å². The van der Waals surface area contributed by atoms with Crippen LogP contribution in [-0.4, -0.2) is 70.7 Å². The van der Waals surface area contributed by atoms with Crippen molar-refractivity contribution in [3.63, 3.8) is 0 Å². The number of hydrogen-bond donors (Lipinski definition) is 1. The Kier molecular flexibility index (Phi) is 5.79. The number of benzene rings is 2. The van der Waals surface area contributed by atoms with Crippen molar-refractivity contribution < 1.29 is 23.9 Å². The van der Waals surface area contributed by atoms with Gasteiger partial charge in [0.1, 0.15) is 11.8 Å². The molecule has 1 N–H and O–H groups in total. The van der Waals surface area contributed by atoms with Crippen molar-refractivity contribution in [2.75, 3.05) is 20.1 Å². The van der Waals surface area contributed by atoms with Gasteiger partial charge in [0.2, 0.25) is 11.8 Å². The molecule has 0 saturated carbocycles. The molecule has 3 heterocycles. The summed E-state index contributed by atoms with van der Waals surface area (Å²) in [4.78, 5) is 54.6. The van der Waals surface area contributed by atoms with E-state index < -0.39 is 18.0 Å². The van der Waals surface area contributed by atoms with Crippen LogP contribution in [0, 0.1) is 0 Å². The zero-order chi connectivity index (χ0) is 23.8. The van der Waals surface area contributed by atoms with Gasteiger partial charge in [0.15, 0.2) is 0 Å². The highest BCUT2D eigenvalue weighted by molar-refractivity contribution is 6.05. The predicted octanol–water partition coefficient (Wildman–Crippen LogP) is 1.76. The maximum atomic E-state index is 12.9. The summed E-state index contributed by atoms with van der Waals surface area (Å²) < 4.78 is 5.55. The van der Waals surface area contributed by atoms with Crippen LogP contribution < -0.4 is 10.1 Å². The summed E-state index contributed by atoms with van der Waals surface area (Å²) in [5, 5.41) is 2.29. The number of piperidine rings is 1. The standard InChI is InChI=1S/C25H26N4O5/c1-27(18-14-28(15-18)12-16-5-3-2-4-6-16)25(33)34-19-8-7-17-13-29(24(32)20(17)11-19)21-9-10-22(30)26-23(21)31/h2-8,11,18,21H,9-10,12-15H2,1H3,(H,26,30,31). The first kappa shape index (κ1) is 22.1. The van der Waals surface area contributed by atoms with Gasteiger partial charge < -0.3 is 14.5 Å². The number of rotatable bonds is 5. The summed E-state index contributed by atoms with van der Waals surface area (Å²) in [7, 11) is 1.72. The summed E-state index contributed by atoms with van der Waals surface area (Å²) in [5.41, 5.74) is 2.41. The molecular weight excluding hydrogens is 436 g/mol. The second-order valence-electron chi connectivity index (χ2n) is 9.03. The van der Waals surface area contributed by atoms with Gasteiger partial charge in [0.05, 0.1) is 6.04 Å². The number of nitrogens with zero attached hydrogens (tertiary/aromatic N) is 3. The average Bonchev–Trinajstić information content (AvgIpc) is 3.12. The minimum Gasteiger partial charge on any atom is -0.410 e. The van der Waals surface area contributed by atoms with Crippen molar-refractivity contribution in [1.82, 2.24) is 20.0 Å². The van der Waals surface area contributed by atoms with Crippen LogP contribution in [0.5, 0.6) is 5.75 Å². The summed E-state index contributed by atoms with van der Waals surface area (Å²) in [6, 6.07) is 14.5. The summed E-state index contributed by atoms with van der Waals surface area (Å²) >= 11 is 0. The lowest BCUT2D eigenvalue weighted by molar-refractivity contribution is -0.136. The Hall–Kier alpha value is -3.72. The van der Waals surface area contributed by atoms with E-state index in [1.165, 1.54) is 10.5 Å². The van der Waals surface area contributed by atoms with Gasteiger partial charge in [-0.05, 0) is 29.7 Å². The third-order valence-corrected chi connectivity index (χ3v) is 6.73. The van der Waals surface area contributed by atoms with Crippen LogP contribution >= 0.6 is 0 Å². The monoisotopic (exact) mass is 462 g/mol. The smallest absolute Gasteiger partial charge is 0.410 e. The molecule has 9 nitrogen and oxygen atoms in total. The largest absolute Gasteiger partial charge is 0.415 e. The minimum absolute atomic E-state index is 0.0651. The normalized spacial score (nSPS) is 20.6. The predicted molar refractivity (Wildman–Crippen MR) is 122 cm³/mol. The summed E-state index contributed by atoms with van der Waals surface area (Å²) in [6.45, 7) is 2.67. The third kappa shape index (κ3) is 4.26. The molecule has 2 aromatic carbocycles. The number of carbonyl (C=O) groups is 4. The van der Waals surface area contributed by atoms with Crippen LogP contribution in [0.2, 0.25) is 0 Å². The first-order chi connectivity index (χ1) is 16.4. The Labute approximate surface area is 197 Å². The van der Waals surface area contributed by atoms with Crippen molar-refractivity contribution in [3.05, 3.63) is 65.2 Å². The van der Waals surface area contributed by atoms with Gasteiger partial charge in [-0.2, -0.15) is 0 Å². The molecule has 1 atom stereocenters. The molecule has 0 aliphatic carbocycles. The summed E-state index contributed by atoms with van der Waals surface area (Å²) in [5.74, 6) is -0.785. The van der Waals surface area contributed by atoms with Gasteiger partial charge in [-0.25, -0.2) is 4.79 Å². The Morgan fingerprint density at radius 1 is 1.12 bits per heavy atom. The number of carbonyl (C=O) groups excluding carboxylic acids is 4. The topological polar surface area (TPSA) is 99.3 Å². The van der Waals surface area contributed by atoms with E-state index in [9.17, 15) is 19.2 Å². The lowest BCUT2D eigenvalue weighted by atomic mass is 10.0. The molecule has 0 bridgehead atoms. The zero-order valence-electron chi connectivity index (χ0n) is 18.9. The Morgan fingerprint density at radius 2 is 1.88 bits per heavy atom. The SMILES string of the molecule is CN(C(=O)Oc1ccc2c(c1)C(=O)N(C1CCC(=O)NC1=O)C2)C1CN(Cc2ccccc2)C1. The fraction of sp³-hybridized carbons (Fsp3) is 0.360. The first-order valence-electron chi connectivity index (χ1n) is 11.4. The van der Waals surface area contributed by atoms with Gasteiger partial charge in [-0.3, -0.25) is 24.6 Å². The highest BCUT2D eigenvalue weighted by Crippen LogP contribution is 2.30. The summed E-state index contributed by atoms with van der Waals surface area (Å²) in [6.07, 6.45) is 0.0341. The van der Waals surface area contributed by atoms with Gasteiger partial charge in [-0.15, -0.1) is 0 Å². The van der Waals surface area contributed by atoms with Crippen molar-refractivity contribution >= 4 is 23.8 Å². The molecule has 9 heteroatoms. The fourth-order valence-electron chi connectivity index (χ4n) is 4.68. The first-order valence-corrected chi connectivity index (χ1v) is 11.4. The van der Waals surface area contributed by atoms with Crippen LogP contribution in [-0.2, 0) is 22.7 Å². The number of likely N-dealkylation sites (tertiary alicyclic amines) is 1. The molecular formula is C25H26N4O5. The molecule has 34 heavy (non-hydrogen) atoms. The van der Waals surface area contributed by atoms with Crippen molar-refractivity contribution in [1.29, 1.82) is 0 Å². The molecule has 176 valence electrons. The molecule has 2 saturated heterocycles. The van der Waals surface area contributed by atoms with E-state index in [1.807, 2.05) is 18.2 Å². The quantitative estimate of drug-likeness (QED) is 0.680. The second kappa shape index (κ2) is 8.90. The number of imide groups is 1. The lowest BCUT2D eigenvalue weighted by Gasteiger charge is -2.43. The van der Waals surface area contributed by atoms with Crippen molar-refractivity contribution in [2.24, 2.45) is 0 Å². The molecule has 2 aromatic rings. The molecule has 0 spiro atoms. The zero-order valence-corrected chi connectivity index (χ0v) is 18.9. The highest BCUT2D eigenvalue weighted by atomic mass is 16.6. The van der Waals surface area contributed by atoms with Crippen molar-refractivity contribution in [3.8, 4) is 5.75 Å². The van der Waals surface area contributed by atoms with Crippen LogP contribution in [0.3, 0.4) is 0 Å². The average molecular weight is 463 g/mol. The highest BCUT2D eigenvalue weighted by Gasteiger charge is 2.39. The van der Waals surface area contributed by atoms with Gasteiger partial charge in [0.25, 0.3) is 5.91 Å². The van der Waals surface area contributed by atoms with Crippen molar-refractivity contribution in [2.45, 2.75) is 38.0 Å². The van der Waals surface area contributed by atoms with Crippen LogP contribution in [0.25, 0.3) is 0 Å². The van der Waals surface area contributed by atoms with Crippen LogP contribution in [0.4, 0.5) is 4.79 Å². The lowest BCUT2D eigenvalue weighted by Crippen LogP contribution is -2.59. The van der Waals surface area contributed by atoms with E-state index in [0.717, 1.165) is 25.2 Å². The molecule has 2 fully saturated rings. The number of fused-ring (bicyclic) bond motifs is 1. The van der Waals surface area contributed by atoms with E-state index >= 15 is 0 Å². The molecule has 0 radical (unpaired) electrons. The van der Waals surface area contributed by atoms with E-state index in [0.29, 0.717) is 12.0 Å². The Balaban J connectivity index is 1.17. The Bertz CT molecular complexity index is 1150. The number of likely N-dealkylation sites (N-methyl/N-ethyl adjacent to an activating group) is 1. The number of nitrogens with one attached hydrogen (secondary N) is 1. The number of amides is 4. The number of hydrogen-bond acceptors (Lipinski definition) is 6. The molecule has 0 aromatic heterocycles. The maximum Gasteiger partial charge on any atom is 0.415 e. The fourth-order valence-corrected chi connectivity index (χ4v) is 4.68. The number of ether oxygens (including phenoxy) is 1. The minimum atomic E-state index is -0.674. The third-order valence-electron chi connectivity index (χ3n) is 6.73. The van der Waals surface area contributed by atoms with E-state index in [-0.39, 0.29) is 36.6 Å². The van der Waals surface area contributed by atoms with E-state index in [1.54, 1.807) is 30.1 Å². The van der Waals surface area contributed by atoms with Gasteiger partial charge in [-0.1, -0.05) is 36.4 Å². The molecule has 5 rings (SSSR count). The maximum absolute atomic E-state index is 12.9. The van der Waals surface area contributed by atoms with Crippen LogP contribution in [0.15, 0.2) is 48.5 Å². The van der Waals surface area contributed by atoms with Gasteiger partial charge >= 0.3 is 6.09 Å². The van der Waals surface area contributed by atoms with E-state index in [4.69, 9.17) is 4.74 Å². The molecule has 1 unspecified atom stereocenters. The second-order valence-corrected chi connectivity index (χ2v) is 9.03. The van der Waals surface area contributed by atoms with Gasteiger partial charge in [0, 0.05) is 45.2 Å². The molecule has 4 amide bonds.